The standard InChI is InChI=1S/C16H22N2O3/c1-3-21-16(20)15-13(9-10-14(19)18(15)2)17-11-12-7-5-4-6-8-12/h4-8,13,15,17H,3,9-11H2,1-2H3. The van der Waals surface area contributed by atoms with Crippen molar-refractivity contribution in [2.45, 2.75) is 38.4 Å². The van der Waals surface area contributed by atoms with Gasteiger partial charge in [0, 0.05) is 26.1 Å². The third-order valence-electron chi connectivity index (χ3n) is 3.80. The Morgan fingerprint density at radius 1 is 1.38 bits per heavy atom. The predicted molar refractivity (Wildman–Crippen MR) is 79.5 cm³/mol. The molecule has 0 radical (unpaired) electrons. The minimum absolute atomic E-state index is 0.00851. The van der Waals surface area contributed by atoms with Crippen LogP contribution >= 0.6 is 0 Å². The van der Waals surface area contributed by atoms with E-state index in [1.54, 1.807) is 14.0 Å². The smallest absolute Gasteiger partial charge is 0.330 e. The number of carbonyl (C=O) groups excluding carboxylic acids is 2. The van der Waals surface area contributed by atoms with Crippen LogP contribution in [0.25, 0.3) is 0 Å². The van der Waals surface area contributed by atoms with Crippen LogP contribution in [-0.4, -0.2) is 42.5 Å². The molecule has 1 amide bonds. The third kappa shape index (κ3) is 3.82. The molecule has 1 aromatic rings. The lowest BCUT2D eigenvalue weighted by atomic mass is 9.95. The average Bonchev–Trinajstić information content (AvgIpc) is 2.49. The largest absolute Gasteiger partial charge is 0.464 e. The second-order valence-corrected chi connectivity index (χ2v) is 5.21. The Hall–Kier alpha value is -1.88. The molecule has 1 aliphatic heterocycles. The second kappa shape index (κ2) is 7.22. The minimum atomic E-state index is -0.546. The number of likely N-dealkylation sites (N-methyl/N-ethyl adjacent to an activating group) is 1. The Labute approximate surface area is 125 Å². The molecule has 1 N–H and O–H groups in total. The Kier molecular flexibility index (Phi) is 5.33. The lowest BCUT2D eigenvalue weighted by Crippen LogP contribution is -2.58. The van der Waals surface area contributed by atoms with E-state index in [2.05, 4.69) is 5.32 Å². The maximum Gasteiger partial charge on any atom is 0.330 e. The first kappa shape index (κ1) is 15.5. The summed E-state index contributed by atoms with van der Waals surface area (Å²) >= 11 is 0. The van der Waals surface area contributed by atoms with Crippen molar-refractivity contribution in [3.8, 4) is 0 Å². The summed E-state index contributed by atoms with van der Waals surface area (Å²) in [4.78, 5) is 25.4. The van der Waals surface area contributed by atoms with Crippen LogP contribution in [0, 0.1) is 0 Å². The number of piperidine rings is 1. The molecule has 0 saturated carbocycles. The highest BCUT2D eigenvalue weighted by Gasteiger charge is 2.39. The van der Waals surface area contributed by atoms with Gasteiger partial charge in [0.2, 0.25) is 5.91 Å². The first-order chi connectivity index (χ1) is 10.1. The van der Waals surface area contributed by atoms with Crippen LogP contribution in [0.1, 0.15) is 25.3 Å². The number of esters is 1. The van der Waals surface area contributed by atoms with Gasteiger partial charge in [0.1, 0.15) is 6.04 Å². The summed E-state index contributed by atoms with van der Waals surface area (Å²) in [7, 11) is 1.67. The zero-order valence-electron chi connectivity index (χ0n) is 12.5. The summed E-state index contributed by atoms with van der Waals surface area (Å²) in [5.74, 6) is -0.343. The lowest BCUT2D eigenvalue weighted by molar-refractivity contribution is -0.157. The van der Waals surface area contributed by atoms with Gasteiger partial charge in [-0.2, -0.15) is 0 Å². The number of rotatable bonds is 5. The van der Waals surface area contributed by atoms with E-state index in [0.717, 1.165) is 5.56 Å². The van der Waals surface area contributed by atoms with Gasteiger partial charge in [-0.3, -0.25) is 4.79 Å². The summed E-state index contributed by atoms with van der Waals surface area (Å²) in [5.41, 5.74) is 1.15. The Morgan fingerprint density at radius 3 is 2.76 bits per heavy atom. The summed E-state index contributed by atoms with van der Waals surface area (Å²) in [6.45, 7) is 2.77. The SMILES string of the molecule is CCOC(=O)C1C(NCc2ccccc2)CCC(=O)N1C. The number of carbonyl (C=O) groups is 2. The number of benzene rings is 1. The molecule has 1 heterocycles. The van der Waals surface area contributed by atoms with Crippen LogP contribution in [0.2, 0.25) is 0 Å². The molecule has 1 aliphatic rings. The average molecular weight is 290 g/mol. The molecule has 1 aromatic carbocycles. The van der Waals surface area contributed by atoms with Crippen LogP contribution < -0.4 is 5.32 Å². The van der Waals surface area contributed by atoms with E-state index < -0.39 is 6.04 Å². The third-order valence-corrected chi connectivity index (χ3v) is 3.80. The first-order valence-corrected chi connectivity index (χ1v) is 7.33. The zero-order valence-corrected chi connectivity index (χ0v) is 12.5. The van der Waals surface area contributed by atoms with Crippen molar-refractivity contribution in [2.24, 2.45) is 0 Å². The summed E-state index contributed by atoms with van der Waals surface area (Å²) in [5, 5.41) is 3.38. The fourth-order valence-electron chi connectivity index (χ4n) is 2.65. The van der Waals surface area contributed by atoms with Gasteiger partial charge in [-0.25, -0.2) is 4.79 Å². The molecule has 5 heteroatoms. The summed E-state index contributed by atoms with van der Waals surface area (Å²) in [6, 6.07) is 9.38. The first-order valence-electron chi connectivity index (χ1n) is 7.33. The Bertz CT molecular complexity index is 490. The van der Waals surface area contributed by atoms with Gasteiger partial charge in [0.05, 0.1) is 6.61 Å². The molecule has 0 bridgehead atoms. The van der Waals surface area contributed by atoms with Crippen LogP contribution in [0.3, 0.4) is 0 Å². The molecular weight excluding hydrogens is 268 g/mol. The highest BCUT2D eigenvalue weighted by molar-refractivity contribution is 5.86. The van der Waals surface area contributed by atoms with Crippen molar-refractivity contribution < 1.29 is 14.3 Å². The van der Waals surface area contributed by atoms with E-state index in [0.29, 0.717) is 26.0 Å². The predicted octanol–water partition coefficient (Wildman–Crippen LogP) is 1.33. The minimum Gasteiger partial charge on any atom is -0.464 e. The van der Waals surface area contributed by atoms with Crippen LogP contribution in [0.15, 0.2) is 30.3 Å². The van der Waals surface area contributed by atoms with Crippen LogP contribution in [0.5, 0.6) is 0 Å². The van der Waals surface area contributed by atoms with Crippen molar-refractivity contribution in [3.63, 3.8) is 0 Å². The fourth-order valence-corrected chi connectivity index (χ4v) is 2.65. The molecule has 0 aliphatic carbocycles. The van der Waals surface area contributed by atoms with E-state index in [9.17, 15) is 9.59 Å². The zero-order chi connectivity index (χ0) is 15.2. The lowest BCUT2D eigenvalue weighted by Gasteiger charge is -2.37. The molecule has 0 spiro atoms. The van der Waals surface area contributed by atoms with Gasteiger partial charge in [0.15, 0.2) is 0 Å². The molecule has 0 aromatic heterocycles. The van der Waals surface area contributed by atoms with Crippen LogP contribution in [0.4, 0.5) is 0 Å². The van der Waals surface area contributed by atoms with Crippen molar-refractivity contribution in [2.75, 3.05) is 13.7 Å². The monoisotopic (exact) mass is 290 g/mol. The van der Waals surface area contributed by atoms with Gasteiger partial charge in [-0.1, -0.05) is 30.3 Å². The van der Waals surface area contributed by atoms with Gasteiger partial charge in [-0.05, 0) is 18.9 Å². The van der Waals surface area contributed by atoms with Gasteiger partial charge >= 0.3 is 5.97 Å². The van der Waals surface area contributed by atoms with Crippen molar-refractivity contribution >= 4 is 11.9 Å². The van der Waals surface area contributed by atoms with Gasteiger partial charge < -0.3 is 15.0 Å². The van der Waals surface area contributed by atoms with E-state index in [1.165, 1.54) is 4.90 Å². The van der Waals surface area contributed by atoms with E-state index in [-0.39, 0.29) is 17.9 Å². The maximum atomic E-state index is 12.1. The highest BCUT2D eigenvalue weighted by atomic mass is 16.5. The molecule has 2 rings (SSSR count). The van der Waals surface area contributed by atoms with E-state index in [1.807, 2.05) is 30.3 Å². The molecule has 21 heavy (non-hydrogen) atoms. The number of amides is 1. The number of likely N-dealkylation sites (tertiary alicyclic amines) is 1. The number of hydrogen-bond donors (Lipinski definition) is 1. The van der Waals surface area contributed by atoms with Gasteiger partial charge in [0.25, 0.3) is 0 Å². The molecule has 2 unspecified atom stereocenters. The fraction of sp³-hybridized carbons (Fsp3) is 0.500. The van der Waals surface area contributed by atoms with Crippen LogP contribution in [-0.2, 0) is 20.9 Å². The van der Waals surface area contributed by atoms with Crippen molar-refractivity contribution in [1.82, 2.24) is 10.2 Å². The topological polar surface area (TPSA) is 58.6 Å². The van der Waals surface area contributed by atoms with Gasteiger partial charge in [-0.15, -0.1) is 0 Å². The summed E-state index contributed by atoms with van der Waals surface area (Å²) in [6.07, 6.45) is 1.11. The van der Waals surface area contributed by atoms with E-state index >= 15 is 0 Å². The van der Waals surface area contributed by atoms with Crippen molar-refractivity contribution in [1.29, 1.82) is 0 Å². The number of hydrogen-bond acceptors (Lipinski definition) is 4. The molecule has 1 saturated heterocycles. The Balaban J connectivity index is 2.04. The van der Waals surface area contributed by atoms with E-state index in [4.69, 9.17) is 4.74 Å². The molecule has 114 valence electrons. The highest BCUT2D eigenvalue weighted by Crippen LogP contribution is 2.19. The van der Waals surface area contributed by atoms with Crippen molar-refractivity contribution in [3.05, 3.63) is 35.9 Å². The normalized spacial score (nSPS) is 22.2. The molecular formula is C16H22N2O3. The Morgan fingerprint density at radius 2 is 2.10 bits per heavy atom. The second-order valence-electron chi connectivity index (χ2n) is 5.21. The number of nitrogens with one attached hydrogen (secondary N) is 1. The molecule has 5 nitrogen and oxygen atoms in total. The quantitative estimate of drug-likeness (QED) is 0.831. The molecule has 2 atom stereocenters. The number of ether oxygens (including phenoxy) is 1. The number of nitrogens with zero attached hydrogens (tertiary/aromatic N) is 1. The summed E-state index contributed by atoms with van der Waals surface area (Å²) < 4.78 is 5.11. The maximum absolute atomic E-state index is 12.1. The molecule has 1 fully saturated rings.